The molecule has 1 aromatic heterocycles. The second kappa shape index (κ2) is 5.11. The molecule has 2 aromatic rings. The van der Waals surface area contributed by atoms with Gasteiger partial charge < -0.3 is 5.73 Å². The van der Waals surface area contributed by atoms with E-state index in [0.29, 0.717) is 0 Å². The van der Waals surface area contributed by atoms with Gasteiger partial charge in [0.15, 0.2) is 0 Å². The quantitative estimate of drug-likeness (QED) is 0.874. The summed E-state index contributed by atoms with van der Waals surface area (Å²) in [6.45, 7) is 4.18. The van der Waals surface area contributed by atoms with Gasteiger partial charge in [-0.2, -0.15) is 0 Å². The summed E-state index contributed by atoms with van der Waals surface area (Å²) < 4.78 is 0. The average molecular weight is 226 g/mol. The number of rotatable bonds is 3. The Kier molecular flexibility index (Phi) is 3.55. The Hall–Kier alpha value is -1.67. The predicted octanol–water partition coefficient (Wildman–Crippen LogP) is 2.94. The Labute approximate surface area is 103 Å². The highest BCUT2D eigenvalue weighted by Crippen LogP contribution is 2.17. The first-order valence-electron chi connectivity index (χ1n) is 5.89. The summed E-state index contributed by atoms with van der Waals surface area (Å²) >= 11 is 0. The summed E-state index contributed by atoms with van der Waals surface area (Å²) in [5, 5.41) is 0. The first-order valence-corrected chi connectivity index (χ1v) is 5.89. The number of nitrogens with zero attached hydrogens (tertiary/aromatic N) is 1. The van der Waals surface area contributed by atoms with E-state index in [2.05, 4.69) is 49.2 Å². The minimum Gasteiger partial charge on any atom is -0.322 e. The van der Waals surface area contributed by atoms with Gasteiger partial charge in [0.25, 0.3) is 0 Å². The molecule has 0 amide bonds. The third-order valence-corrected chi connectivity index (χ3v) is 3.02. The molecule has 0 aliphatic heterocycles. The Morgan fingerprint density at radius 3 is 2.65 bits per heavy atom. The molecule has 1 atom stereocenters. The van der Waals surface area contributed by atoms with Crippen molar-refractivity contribution in [2.75, 3.05) is 0 Å². The van der Waals surface area contributed by atoms with Crippen LogP contribution in [-0.4, -0.2) is 4.98 Å². The van der Waals surface area contributed by atoms with E-state index in [1.807, 2.05) is 12.3 Å². The zero-order chi connectivity index (χ0) is 12.3. The SMILES string of the molecule is Cc1ccnc(C(N)Cc2ccccc2C)c1. The van der Waals surface area contributed by atoms with Crippen LogP contribution in [0.3, 0.4) is 0 Å². The lowest BCUT2D eigenvalue weighted by molar-refractivity contribution is 0.693. The number of pyridine rings is 1. The summed E-state index contributed by atoms with van der Waals surface area (Å²) in [6.07, 6.45) is 2.66. The second-order valence-corrected chi connectivity index (χ2v) is 4.50. The summed E-state index contributed by atoms with van der Waals surface area (Å²) in [6, 6.07) is 12.4. The molecule has 2 heteroatoms. The molecular weight excluding hydrogens is 208 g/mol. The highest BCUT2D eigenvalue weighted by molar-refractivity contribution is 5.28. The highest BCUT2D eigenvalue weighted by Gasteiger charge is 2.09. The smallest absolute Gasteiger partial charge is 0.0577 e. The van der Waals surface area contributed by atoms with E-state index in [4.69, 9.17) is 5.73 Å². The Morgan fingerprint density at radius 2 is 1.94 bits per heavy atom. The van der Waals surface area contributed by atoms with Crippen LogP contribution < -0.4 is 5.73 Å². The van der Waals surface area contributed by atoms with Crippen LogP contribution >= 0.6 is 0 Å². The van der Waals surface area contributed by atoms with Gasteiger partial charge in [-0.1, -0.05) is 24.3 Å². The second-order valence-electron chi connectivity index (χ2n) is 4.50. The monoisotopic (exact) mass is 226 g/mol. The van der Waals surface area contributed by atoms with Gasteiger partial charge in [-0.25, -0.2) is 0 Å². The van der Waals surface area contributed by atoms with Crippen molar-refractivity contribution in [1.82, 2.24) is 4.98 Å². The molecule has 2 rings (SSSR count). The molecule has 0 aliphatic carbocycles. The first-order chi connectivity index (χ1) is 8.16. The van der Waals surface area contributed by atoms with Gasteiger partial charge in [0, 0.05) is 6.20 Å². The van der Waals surface area contributed by atoms with Crippen LogP contribution in [0, 0.1) is 13.8 Å². The van der Waals surface area contributed by atoms with E-state index < -0.39 is 0 Å². The largest absolute Gasteiger partial charge is 0.322 e. The van der Waals surface area contributed by atoms with Crippen LogP contribution in [0.1, 0.15) is 28.4 Å². The normalized spacial score (nSPS) is 12.4. The van der Waals surface area contributed by atoms with Gasteiger partial charge in [-0.3, -0.25) is 4.98 Å². The Morgan fingerprint density at radius 1 is 1.18 bits per heavy atom. The minimum absolute atomic E-state index is 0.0315. The van der Waals surface area contributed by atoms with Gasteiger partial charge in [-0.05, 0) is 49.1 Å². The van der Waals surface area contributed by atoms with E-state index in [0.717, 1.165) is 12.1 Å². The van der Waals surface area contributed by atoms with Crippen molar-refractivity contribution >= 4 is 0 Å². The molecular formula is C15H18N2. The lowest BCUT2D eigenvalue weighted by Crippen LogP contribution is -2.15. The fourth-order valence-corrected chi connectivity index (χ4v) is 1.94. The third-order valence-electron chi connectivity index (χ3n) is 3.02. The van der Waals surface area contributed by atoms with Crippen molar-refractivity contribution in [3.8, 4) is 0 Å². The van der Waals surface area contributed by atoms with Crippen molar-refractivity contribution in [3.05, 3.63) is 65.0 Å². The lowest BCUT2D eigenvalue weighted by Gasteiger charge is -2.13. The Bertz CT molecular complexity index is 506. The maximum absolute atomic E-state index is 6.20. The summed E-state index contributed by atoms with van der Waals surface area (Å²) in [5.41, 5.74) is 11.0. The van der Waals surface area contributed by atoms with E-state index in [-0.39, 0.29) is 6.04 Å². The molecule has 2 N–H and O–H groups in total. The van der Waals surface area contributed by atoms with Crippen LogP contribution in [0.15, 0.2) is 42.6 Å². The summed E-state index contributed by atoms with van der Waals surface area (Å²) in [5.74, 6) is 0. The molecule has 0 saturated heterocycles. The molecule has 0 fully saturated rings. The number of nitrogens with two attached hydrogens (primary N) is 1. The van der Waals surface area contributed by atoms with E-state index in [1.54, 1.807) is 0 Å². The van der Waals surface area contributed by atoms with Gasteiger partial charge in [0.2, 0.25) is 0 Å². The third kappa shape index (κ3) is 2.92. The maximum Gasteiger partial charge on any atom is 0.0577 e. The van der Waals surface area contributed by atoms with E-state index in [1.165, 1.54) is 16.7 Å². The Balaban J connectivity index is 2.17. The fraction of sp³-hybridized carbons (Fsp3) is 0.267. The molecule has 0 aliphatic rings. The zero-order valence-corrected chi connectivity index (χ0v) is 10.4. The van der Waals surface area contributed by atoms with Crippen LogP contribution in [0.25, 0.3) is 0 Å². The van der Waals surface area contributed by atoms with Gasteiger partial charge in [0.1, 0.15) is 0 Å². The van der Waals surface area contributed by atoms with Crippen LogP contribution in [-0.2, 0) is 6.42 Å². The first kappa shape index (κ1) is 11.8. The molecule has 0 bridgehead atoms. The molecule has 1 heterocycles. The summed E-state index contributed by atoms with van der Waals surface area (Å²) in [4.78, 5) is 4.34. The highest BCUT2D eigenvalue weighted by atomic mass is 14.8. The maximum atomic E-state index is 6.20. The number of aromatic nitrogens is 1. The molecule has 0 radical (unpaired) electrons. The van der Waals surface area contributed by atoms with Crippen LogP contribution in [0.2, 0.25) is 0 Å². The van der Waals surface area contributed by atoms with Crippen molar-refractivity contribution in [2.24, 2.45) is 5.73 Å². The van der Waals surface area contributed by atoms with Gasteiger partial charge in [0.05, 0.1) is 11.7 Å². The van der Waals surface area contributed by atoms with Crippen LogP contribution in [0.5, 0.6) is 0 Å². The number of hydrogen-bond acceptors (Lipinski definition) is 2. The van der Waals surface area contributed by atoms with Crippen molar-refractivity contribution in [1.29, 1.82) is 0 Å². The standard InChI is InChI=1S/C15H18N2/c1-11-7-8-17-15(9-11)14(16)10-13-6-4-3-5-12(13)2/h3-9,14H,10,16H2,1-2H3. The molecule has 1 unspecified atom stereocenters. The van der Waals surface area contributed by atoms with Gasteiger partial charge in [-0.15, -0.1) is 0 Å². The van der Waals surface area contributed by atoms with Crippen molar-refractivity contribution in [3.63, 3.8) is 0 Å². The number of hydrogen-bond donors (Lipinski definition) is 1. The topological polar surface area (TPSA) is 38.9 Å². The average Bonchev–Trinajstić information content (AvgIpc) is 2.32. The molecule has 88 valence electrons. The van der Waals surface area contributed by atoms with Crippen molar-refractivity contribution < 1.29 is 0 Å². The van der Waals surface area contributed by atoms with Crippen molar-refractivity contribution in [2.45, 2.75) is 26.3 Å². The molecule has 17 heavy (non-hydrogen) atoms. The van der Waals surface area contributed by atoms with E-state index in [9.17, 15) is 0 Å². The molecule has 0 spiro atoms. The molecule has 0 saturated carbocycles. The summed E-state index contributed by atoms with van der Waals surface area (Å²) in [7, 11) is 0. The van der Waals surface area contributed by atoms with Crippen LogP contribution in [0.4, 0.5) is 0 Å². The van der Waals surface area contributed by atoms with Gasteiger partial charge >= 0.3 is 0 Å². The number of aryl methyl sites for hydroxylation is 2. The lowest BCUT2D eigenvalue weighted by atomic mass is 9.99. The minimum atomic E-state index is -0.0315. The molecule has 1 aromatic carbocycles. The molecule has 2 nitrogen and oxygen atoms in total. The zero-order valence-electron chi connectivity index (χ0n) is 10.4. The van der Waals surface area contributed by atoms with E-state index >= 15 is 0 Å². The predicted molar refractivity (Wildman–Crippen MR) is 70.8 cm³/mol. The fourth-order valence-electron chi connectivity index (χ4n) is 1.94. The number of benzene rings is 1.